The van der Waals surface area contributed by atoms with Gasteiger partial charge in [0.15, 0.2) is 5.82 Å². The van der Waals surface area contributed by atoms with Crippen LogP contribution in [0.25, 0.3) is 5.82 Å². The summed E-state index contributed by atoms with van der Waals surface area (Å²) >= 11 is 0. The summed E-state index contributed by atoms with van der Waals surface area (Å²) in [6, 6.07) is 5.65. The van der Waals surface area contributed by atoms with Crippen LogP contribution in [0.3, 0.4) is 0 Å². The molecular weight excluding hydrogens is 312 g/mol. The van der Waals surface area contributed by atoms with Gasteiger partial charge in [-0.3, -0.25) is 0 Å². The average molecular weight is 335 g/mol. The van der Waals surface area contributed by atoms with Crippen molar-refractivity contribution < 1.29 is 13.9 Å². The van der Waals surface area contributed by atoms with E-state index >= 15 is 0 Å². The van der Waals surface area contributed by atoms with Gasteiger partial charge in [-0.05, 0) is 62.8 Å². The summed E-state index contributed by atoms with van der Waals surface area (Å²) in [5.41, 5.74) is 3.47. The zero-order valence-corrected chi connectivity index (χ0v) is 14.1. The minimum atomic E-state index is -2.51. The molecule has 1 aliphatic rings. The predicted octanol–water partition coefficient (Wildman–Crippen LogP) is 3.74. The van der Waals surface area contributed by atoms with Crippen molar-refractivity contribution in [3.8, 4) is 5.82 Å². The van der Waals surface area contributed by atoms with Crippen LogP contribution < -0.4 is 0 Å². The minimum Gasteiger partial charge on any atom is -0.392 e. The highest BCUT2D eigenvalue weighted by Crippen LogP contribution is 2.37. The number of hydrogen-bond donors (Lipinski definition) is 1. The molecule has 0 atom stereocenters. The summed E-state index contributed by atoms with van der Waals surface area (Å²) in [4.78, 5) is 4.66. The van der Waals surface area contributed by atoms with Crippen LogP contribution in [0.4, 0.5) is 8.78 Å². The Balaban J connectivity index is 1.83. The Hall–Kier alpha value is -1.82. The van der Waals surface area contributed by atoms with Crippen LogP contribution in [-0.4, -0.2) is 25.8 Å². The highest BCUT2D eigenvalue weighted by Gasteiger charge is 2.34. The van der Waals surface area contributed by atoms with E-state index in [9.17, 15) is 13.9 Å². The van der Waals surface area contributed by atoms with E-state index in [1.807, 2.05) is 32.0 Å². The van der Waals surface area contributed by atoms with E-state index in [-0.39, 0.29) is 25.4 Å². The molecule has 1 aliphatic carbocycles. The van der Waals surface area contributed by atoms with Gasteiger partial charge in [-0.25, -0.2) is 18.4 Å². The fraction of sp³-hybridized carbons (Fsp3) is 0.556. The lowest BCUT2D eigenvalue weighted by atomic mass is 9.84. The van der Waals surface area contributed by atoms with E-state index in [0.717, 1.165) is 22.6 Å². The summed E-state index contributed by atoms with van der Waals surface area (Å²) in [7, 11) is 0. The summed E-state index contributed by atoms with van der Waals surface area (Å²) in [5, 5.41) is 14.0. The van der Waals surface area contributed by atoms with E-state index in [2.05, 4.69) is 10.1 Å². The number of rotatable bonds is 4. The molecule has 0 aromatic carbocycles. The van der Waals surface area contributed by atoms with E-state index in [1.54, 1.807) is 4.68 Å². The van der Waals surface area contributed by atoms with Gasteiger partial charge in [0.2, 0.25) is 5.92 Å². The SMILES string of the molecule is Cc1cc(C)n(-c2cc(CO)cc(CC3CCC(F)(F)CC3)n2)n1. The lowest BCUT2D eigenvalue weighted by molar-refractivity contribution is -0.0457. The number of pyridine rings is 1. The topological polar surface area (TPSA) is 50.9 Å². The summed E-state index contributed by atoms with van der Waals surface area (Å²) in [6.45, 7) is 3.79. The first kappa shape index (κ1) is 17.0. The number of aliphatic hydroxyl groups excluding tert-OH is 1. The van der Waals surface area contributed by atoms with Gasteiger partial charge in [0.25, 0.3) is 0 Å². The zero-order chi connectivity index (χ0) is 17.3. The molecule has 130 valence electrons. The Bertz CT molecular complexity index is 717. The van der Waals surface area contributed by atoms with Crippen molar-refractivity contribution in [1.29, 1.82) is 0 Å². The van der Waals surface area contributed by atoms with Crippen LogP contribution in [0.5, 0.6) is 0 Å². The third-order valence-corrected chi connectivity index (χ3v) is 4.67. The largest absolute Gasteiger partial charge is 0.392 e. The average Bonchev–Trinajstić information content (AvgIpc) is 2.88. The normalized spacial score (nSPS) is 18.0. The van der Waals surface area contributed by atoms with Crippen molar-refractivity contribution >= 4 is 0 Å². The Morgan fingerprint density at radius 3 is 2.50 bits per heavy atom. The molecule has 1 saturated carbocycles. The molecule has 6 heteroatoms. The van der Waals surface area contributed by atoms with Crippen molar-refractivity contribution in [2.24, 2.45) is 5.92 Å². The van der Waals surface area contributed by atoms with Gasteiger partial charge in [-0.1, -0.05) is 0 Å². The Morgan fingerprint density at radius 1 is 1.21 bits per heavy atom. The standard InChI is InChI=1S/C18H23F2N3O/c1-12-7-13(2)23(22-12)17-10-15(11-24)9-16(21-17)8-14-3-5-18(19,20)6-4-14/h7,9-10,14,24H,3-6,8,11H2,1-2H3. The Labute approximate surface area is 140 Å². The number of aromatic nitrogens is 3. The fourth-order valence-corrected chi connectivity index (χ4v) is 3.40. The first-order valence-electron chi connectivity index (χ1n) is 8.38. The smallest absolute Gasteiger partial charge is 0.248 e. The minimum absolute atomic E-state index is 0.0400. The molecule has 0 aliphatic heterocycles. The molecule has 1 N–H and O–H groups in total. The molecular formula is C18H23F2N3O. The van der Waals surface area contributed by atoms with E-state index in [1.165, 1.54) is 0 Å². The summed E-state index contributed by atoms with van der Waals surface area (Å²) in [5.74, 6) is -1.62. The van der Waals surface area contributed by atoms with Gasteiger partial charge in [0.05, 0.1) is 12.3 Å². The van der Waals surface area contributed by atoms with E-state index in [4.69, 9.17) is 0 Å². The molecule has 0 amide bonds. The van der Waals surface area contributed by atoms with Crippen molar-refractivity contribution in [2.45, 2.75) is 58.5 Å². The van der Waals surface area contributed by atoms with Crippen molar-refractivity contribution in [3.05, 3.63) is 40.8 Å². The van der Waals surface area contributed by atoms with Crippen molar-refractivity contribution in [1.82, 2.24) is 14.8 Å². The number of aliphatic hydroxyl groups is 1. The van der Waals surface area contributed by atoms with Gasteiger partial charge in [0, 0.05) is 24.2 Å². The lowest BCUT2D eigenvalue weighted by Crippen LogP contribution is -2.25. The Morgan fingerprint density at radius 2 is 1.92 bits per heavy atom. The van der Waals surface area contributed by atoms with Crippen LogP contribution in [0, 0.1) is 19.8 Å². The molecule has 0 radical (unpaired) electrons. The van der Waals surface area contributed by atoms with Gasteiger partial charge < -0.3 is 5.11 Å². The van der Waals surface area contributed by atoms with Crippen LogP contribution >= 0.6 is 0 Å². The van der Waals surface area contributed by atoms with E-state index in [0.29, 0.717) is 25.1 Å². The molecule has 2 aromatic rings. The molecule has 0 unspecified atom stereocenters. The first-order valence-corrected chi connectivity index (χ1v) is 8.38. The molecule has 1 fully saturated rings. The second kappa shape index (κ2) is 6.59. The van der Waals surface area contributed by atoms with Crippen molar-refractivity contribution in [2.75, 3.05) is 0 Å². The van der Waals surface area contributed by atoms with Gasteiger partial charge in [-0.15, -0.1) is 0 Å². The second-order valence-corrected chi connectivity index (χ2v) is 6.83. The van der Waals surface area contributed by atoms with Crippen molar-refractivity contribution in [3.63, 3.8) is 0 Å². The van der Waals surface area contributed by atoms with Gasteiger partial charge in [-0.2, -0.15) is 5.10 Å². The van der Waals surface area contributed by atoms with Crippen LogP contribution in [-0.2, 0) is 13.0 Å². The molecule has 24 heavy (non-hydrogen) atoms. The number of halogens is 2. The summed E-state index contributed by atoms with van der Waals surface area (Å²) < 4.78 is 28.4. The first-order chi connectivity index (χ1) is 11.4. The Kier molecular flexibility index (Phi) is 4.67. The quantitative estimate of drug-likeness (QED) is 0.926. The third kappa shape index (κ3) is 3.80. The predicted molar refractivity (Wildman–Crippen MR) is 87.4 cm³/mol. The molecule has 0 spiro atoms. The van der Waals surface area contributed by atoms with E-state index < -0.39 is 5.92 Å². The maximum Gasteiger partial charge on any atom is 0.248 e. The van der Waals surface area contributed by atoms with Gasteiger partial charge >= 0.3 is 0 Å². The molecule has 0 saturated heterocycles. The molecule has 2 aromatic heterocycles. The fourth-order valence-electron chi connectivity index (χ4n) is 3.40. The highest BCUT2D eigenvalue weighted by molar-refractivity contribution is 5.32. The molecule has 0 bridgehead atoms. The number of nitrogens with zero attached hydrogens (tertiary/aromatic N) is 3. The summed E-state index contributed by atoms with van der Waals surface area (Å²) in [6.07, 6.45) is 1.63. The third-order valence-electron chi connectivity index (χ3n) is 4.67. The van der Waals surface area contributed by atoms with Gasteiger partial charge in [0.1, 0.15) is 0 Å². The van der Waals surface area contributed by atoms with Crippen LogP contribution in [0.1, 0.15) is 48.3 Å². The maximum absolute atomic E-state index is 13.3. The number of alkyl halides is 2. The molecule has 2 heterocycles. The number of hydrogen-bond acceptors (Lipinski definition) is 3. The maximum atomic E-state index is 13.3. The van der Waals surface area contributed by atoms with Crippen LogP contribution in [0.2, 0.25) is 0 Å². The monoisotopic (exact) mass is 335 g/mol. The highest BCUT2D eigenvalue weighted by atomic mass is 19.3. The molecule has 4 nitrogen and oxygen atoms in total. The lowest BCUT2D eigenvalue weighted by Gasteiger charge is -2.28. The molecule has 3 rings (SSSR count). The second-order valence-electron chi connectivity index (χ2n) is 6.83. The number of aryl methyl sites for hydroxylation is 2. The van der Waals surface area contributed by atoms with Crippen LogP contribution in [0.15, 0.2) is 18.2 Å². The zero-order valence-electron chi connectivity index (χ0n) is 14.1.